The highest BCUT2D eigenvalue weighted by Gasteiger charge is 2.27. The minimum Gasteiger partial charge on any atom is -0.463 e. The quantitative estimate of drug-likeness (QED) is 0.726. The molecule has 0 atom stereocenters. The van der Waals surface area contributed by atoms with Crippen LogP contribution in [0.4, 0.5) is 18.0 Å². The molecule has 0 rings (SSSR count). The molecule has 0 radical (unpaired) electrons. The molecule has 0 unspecified atom stereocenters. The Morgan fingerprint density at radius 1 is 1.24 bits per heavy atom. The number of carbonyl (C=O) groups excluding carboxylic acids is 2. The highest BCUT2D eigenvalue weighted by molar-refractivity contribution is 5.75. The van der Waals surface area contributed by atoms with Gasteiger partial charge in [0, 0.05) is 6.54 Å². The Hall–Kier alpha value is -1.47. The average molecular weight is 256 g/mol. The lowest BCUT2D eigenvalue weighted by molar-refractivity contribution is -0.147. The second kappa shape index (κ2) is 6.97. The van der Waals surface area contributed by atoms with Gasteiger partial charge in [0.1, 0.15) is 6.54 Å². The maximum absolute atomic E-state index is 11.7. The standard InChI is InChI=1S/C9H15F3N2O3/c1-6(2)17-7(15)3-4-13-8(16)14-5-9(10,11)12/h6H,3-5H2,1-2H3,(H2,13,14,16). The number of urea groups is 1. The third-order valence-corrected chi connectivity index (χ3v) is 1.43. The molecular weight excluding hydrogens is 241 g/mol. The molecule has 0 aromatic carbocycles. The molecule has 0 aliphatic heterocycles. The first-order valence-corrected chi connectivity index (χ1v) is 4.98. The molecule has 0 saturated carbocycles. The molecule has 0 aromatic heterocycles. The van der Waals surface area contributed by atoms with Gasteiger partial charge in [-0.3, -0.25) is 4.79 Å². The summed E-state index contributed by atoms with van der Waals surface area (Å²) in [4.78, 5) is 21.8. The number of ether oxygens (including phenoxy) is 1. The number of halogens is 3. The molecule has 0 aliphatic carbocycles. The molecule has 5 nitrogen and oxygen atoms in total. The lowest BCUT2D eigenvalue weighted by Gasteiger charge is -2.10. The van der Waals surface area contributed by atoms with E-state index in [2.05, 4.69) is 5.32 Å². The van der Waals surface area contributed by atoms with Crippen LogP contribution in [0.25, 0.3) is 0 Å². The van der Waals surface area contributed by atoms with Crippen molar-refractivity contribution in [3.63, 3.8) is 0 Å². The van der Waals surface area contributed by atoms with E-state index in [1.807, 2.05) is 0 Å². The molecule has 0 aliphatic rings. The summed E-state index contributed by atoms with van der Waals surface area (Å²) in [6.45, 7) is 1.85. The van der Waals surface area contributed by atoms with Crippen LogP contribution in [0.2, 0.25) is 0 Å². The van der Waals surface area contributed by atoms with Crippen LogP contribution < -0.4 is 10.6 Å². The third-order valence-electron chi connectivity index (χ3n) is 1.43. The van der Waals surface area contributed by atoms with E-state index in [-0.39, 0.29) is 19.1 Å². The van der Waals surface area contributed by atoms with Gasteiger partial charge in [0.2, 0.25) is 0 Å². The minimum atomic E-state index is -4.45. The smallest absolute Gasteiger partial charge is 0.405 e. The molecule has 0 spiro atoms. The zero-order valence-electron chi connectivity index (χ0n) is 9.56. The number of hydrogen-bond acceptors (Lipinski definition) is 3. The summed E-state index contributed by atoms with van der Waals surface area (Å²) >= 11 is 0. The van der Waals surface area contributed by atoms with Crippen LogP contribution in [0.1, 0.15) is 20.3 Å². The number of amides is 2. The molecular formula is C9H15F3N2O3. The van der Waals surface area contributed by atoms with Gasteiger partial charge in [-0.1, -0.05) is 0 Å². The zero-order valence-corrected chi connectivity index (χ0v) is 9.56. The number of alkyl halides is 3. The number of carbonyl (C=O) groups is 2. The largest absolute Gasteiger partial charge is 0.463 e. The number of hydrogen-bond donors (Lipinski definition) is 2. The monoisotopic (exact) mass is 256 g/mol. The van der Waals surface area contributed by atoms with Gasteiger partial charge in [0.25, 0.3) is 0 Å². The van der Waals surface area contributed by atoms with Crippen LogP contribution >= 0.6 is 0 Å². The summed E-state index contributed by atoms with van der Waals surface area (Å²) in [7, 11) is 0. The Balaban J connectivity index is 3.61. The minimum absolute atomic E-state index is 0.0742. The Morgan fingerprint density at radius 3 is 2.29 bits per heavy atom. The highest BCUT2D eigenvalue weighted by atomic mass is 19.4. The van der Waals surface area contributed by atoms with Crippen LogP contribution in [0.15, 0.2) is 0 Å². The predicted molar refractivity (Wildman–Crippen MR) is 53.3 cm³/mol. The van der Waals surface area contributed by atoms with Gasteiger partial charge in [-0.2, -0.15) is 13.2 Å². The van der Waals surface area contributed by atoms with Crippen molar-refractivity contribution in [2.75, 3.05) is 13.1 Å². The lowest BCUT2D eigenvalue weighted by Crippen LogP contribution is -2.41. The second-order valence-electron chi connectivity index (χ2n) is 3.51. The van der Waals surface area contributed by atoms with Crippen molar-refractivity contribution in [3.8, 4) is 0 Å². The molecule has 17 heavy (non-hydrogen) atoms. The first kappa shape index (κ1) is 15.5. The summed E-state index contributed by atoms with van der Waals surface area (Å²) < 4.78 is 39.8. The summed E-state index contributed by atoms with van der Waals surface area (Å²) in [5.41, 5.74) is 0. The molecule has 100 valence electrons. The van der Waals surface area contributed by atoms with Gasteiger partial charge in [0.05, 0.1) is 12.5 Å². The normalized spacial score (nSPS) is 11.2. The van der Waals surface area contributed by atoms with Gasteiger partial charge in [-0.05, 0) is 13.8 Å². The zero-order chi connectivity index (χ0) is 13.5. The molecule has 0 fully saturated rings. The molecule has 8 heteroatoms. The first-order chi connectivity index (χ1) is 7.70. The Bertz CT molecular complexity index is 267. The second-order valence-corrected chi connectivity index (χ2v) is 3.51. The Kier molecular flexibility index (Phi) is 6.37. The number of nitrogens with one attached hydrogen (secondary N) is 2. The van der Waals surface area contributed by atoms with Gasteiger partial charge >= 0.3 is 18.2 Å². The summed E-state index contributed by atoms with van der Waals surface area (Å²) in [5.74, 6) is -0.517. The summed E-state index contributed by atoms with van der Waals surface area (Å²) in [6, 6.07) is -0.973. The van der Waals surface area contributed by atoms with Crippen molar-refractivity contribution in [2.45, 2.75) is 32.5 Å². The number of esters is 1. The highest BCUT2D eigenvalue weighted by Crippen LogP contribution is 2.11. The number of rotatable bonds is 5. The van der Waals surface area contributed by atoms with Gasteiger partial charge in [-0.15, -0.1) is 0 Å². The fourth-order valence-corrected chi connectivity index (χ4v) is 0.843. The average Bonchev–Trinajstić information content (AvgIpc) is 2.12. The first-order valence-electron chi connectivity index (χ1n) is 4.98. The molecule has 2 amide bonds. The van der Waals surface area contributed by atoms with Crippen molar-refractivity contribution in [1.82, 2.24) is 10.6 Å². The van der Waals surface area contributed by atoms with E-state index in [0.29, 0.717) is 0 Å². The van der Waals surface area contributed by atoms with Crippen LogP contribution in [-0.4, -0.2) is 37.4 Å². The van der Waals surface area contributed by atoms with Crippen LogP contribution in [0, 0.1) is 0 Å². The predicted octanol–water partition coefficient (Wildman–Crippen LogP) is 1.19. The third kappa shape index (κ3) is 10.8. The fraction of sp³-hybridized carbons (Fsp3) is 0.778. The van der Waals surface area contributed by atoms with E-state index in [4.69, 9.17) is 4.74 Å². The Labute approximate surface area is 96.7 Å². The fourth-order valence-electron chi connectivity index (χ4n) is 0.843. The van der Waals surface area contributed by atoms with Gasteiger partial charge < -0.3 is 15.4 Å². The molecule has 0 bridgehead atoms. The lowest BCUT2D eigenvalue weighted by atomic mass is 10.4. The summed E-state index contributed by atoms with van der Waals surface area (Å²) in [6.07, 6.45) is -4.80. The molecule has 0 aromatic rings. The van der Waals surface area contributed by atoms with E-state index in [9.17, 15) is 22.8 Å². The van der Waals surface area contributed by atoms with Crippen LogP contribution in [0.5, 0.6) is 0 Å². The maximum Gasteiger partial charge on any atom is 0.405 e. The molecule has 0 saturated heterocycles. The van der Waals surface area contributed by atoms with E-state index in [1.54, 1.807) is 19.2 Å². The van der Waals surface area contributed by atoms with Crippen molar-refractivity contribution in [2.24, 2.45) is 0 Å². The van der Waals surface area contributed by atoms with E-state index >= 15 is 0 Å². The van der Waals surface area contributed by atoms with Crippen molar-refractivity contribution in [3.05, 3.63) is 0 Å². The van der Waals surface area contributed by atoms with E-state index in [1.165, 1.54) is 0 Å². The van der Waals surface area contributed by atoms with Crippen molar-refractivity contribution in [1.29, 1.82) is 0 Å². The van der Waals surface area contributed by atoms with E-state index < -0.39 is 24.7 Å². The molecule has 0 heterocycles. The maximum atomic E-state index is 11.7. The Morgan fingerprint density at radius 2 is 1.82 bits per heavy atom. The van der Waals surface area contributed by atoms with Crippen molar-refractivity contribution < 1.29 is 27.5 Å². The SMILES string of the molecule is CC(C)OC(=O)CCNC(=O)NCC(F)(F)F. The van der Waals surface area contributed by atoms with E-state index in [0.717, 1.165) is 0 Å². The summed E-state index contributed by atoms with van der Waals surface area (Å²) in [5, 5.41) is 3.72. The van der Waals surface area contributed by atoms with Gasteiger partial charge in [0.15, 0.2) is 0 Å². The van der Waals surface area contributed by atoms with Crippen LogP contribution in [0.3, 0.4) is 0 Å². The van der Waals surface area contributed by atoms with Gasteiger partial charge in [-0.25, -0.2) is 4.79 Å². The van der Waals surface area contributed by atoms with Crippen molar-refractivity contribution >= 4 is 12.0 Å². The molecule has 2 N–H and O–H groups in total. The topological polar surface area (TPSA) is 67.4 Å². The van der Waals surface area contributed by atoms with Crippen LogP contribution in [-0.2, 0) is 9.53 Å².